The first-order chi connectivity index (χ1) is 9.33. The first-order valence-corrected chi connectivity index (χ1v) is 6.59. The molecule has 0 unspecified atom stereocenters. The van der Waals surface area contributed by atoms with Gasteiger partial charge in [0.25, 0.3) is 0 Å². The highest BCUT2D eigenvalue weighted by molar-refractivity contribution is 5.55. The second-order valence-electron chi connectivity index (χ2n) is 4.40. The van der Waals surface area contributed by atoms with E-state index < -0.39 is 0 Å². The second kappa shape index (κ2) is 6.89. The zero-order valence-electron chi connectivity index (χ0n) is 11.3. The molecule has 0 aliphatic heterocycles. The zero-order valence-corrected chi connectivity index (χ0v) is 11.3. The largest absolute Gasteiger partial charge is 0.497 e. The molecule has 0 fully saturated rings. The number of aryl methyl sites for hydroxylation is 1. The van der Waals surface area contributed by atoms with Gasteiger partial charge in [0.2, 0.25) is 11.7 Å². The maximum Gasteiger partial charge on any atom is 0.226 e. The molecule has 0 aliphatic carbocycles. The lowest BCUT2D eigenvalue weighted by molar-refractivity contribution is -0.368. The summed E-state index contributed by atoms with van der Waals surface area (Å²) in [6.07, 6.45) is 4.21. The molecule has 1 aromatic heterocycles. The Morgan fingerprint density at radius 2 is 1.95 bits per heavy atom. The maximum absolute atomic E-state index is 5.25. The smallest absolute Gasteiger partial charge is 0.226 e. The molecule has 0 bridgehead atoms. The number of hydrogen-bond acceptors (Lipinski definition) is 4. The summed E-state index contributed by atoms with van der Waals surface area (Å²) in [5, 5.41) is 4.00. The topological polar surface area (TPSA) is 75.8 Å². The molecule has 102 valence electrons. The highest BCUT2D eigenvalue weighted by Crippen LogP contribution is 2.20. The summed E-state index contributed by atoms with van der Waals surface area (Å²) >= 11 is 0. The average Bonchev–Trinajstić information content (AvgIpc) is 2.92. The van der Waals surface area contributed by atoms with Crippen molar-refractivity contribution in [2.45, 2.75) is 25.7 Å². The minimum Gasteiger partial charge on any atom is -0.497 e. The molecule has 5 heteroatoms. The van der Waals surface area contributed by atoms with Gasteiger partial charge in [0, 0.05) is 12.0 Å². The van der Waals surface area contributed by atoms with E-state index in [9.17, 15) is 0 Å². The van der Waals surface area contributed by atoms with Crippen LogP contribution in [0.5, 0.6) is 5.75 Å². The van der Waals surface area contributed by atoms with Crippen molar-refractivity contribution in [3.63, 3.8) is 0 Å². The van der Waals surface area contributed by atoms with Gasteiger partial charge < -0.3 is 15.0 Å². The van der Waals surface area contributed by atoms with Gasteiger partial charge in [-0.25, -0.2) is 0 Å². The Morgan fingerprint density at radius 3 is 2.63 bits per heavy atom. The number of aromatic nitrogens is 2. The molecule has 0 aliphatic rings. The van der Waals surface area contributed by atoms with Crippen molar-refractivity contribution in [2.75, 3.05) is 13.7 Å². The molecule has 0 atom stereocenters. The highest BCUT2D eigenvalue weighted by atomic mass is 16.5. The molecule has 0 saturated heterocycles. The van der Waals surface area contributed by atoms with Crippen LogP contribution in [0.1, 0.15) is 25.2 Å². The second-order valence-corrected chi connectivity index (χ2v) is 4.40. The lowest BCUT2D eigenvalue weighted by Crippen LogP contribution is -2.50. The van der Waals surface area contributed by atoms with E-state index in [0.717, 1.165) is 43.5 Å². The van der Waals surface area contributed by atoms with Gasteiger partial charge >= 0.3 is 0 Å². The minimum absolute atomic E-state index is 0.634. The fraction of sp³-hybridized carbons (Fsp3) is 0.429. The number of nitrogens with zero attached hydrogens (tertiary/aromatic N) is 2. The van der Waals surface area contributed by atoms with E-state index in [4.69, 9.17) is 9.26 Å². The average molecular weight is 262 g/mol. The molecule has 5 nitrogen and oxygen atoms in total. The SMILES string of the molecule is COc1ccc(-c2noc(CCCCC[NH3+])n2)cc1. The van der Waals surface area contributed by atoms with Gasteiger partial charge in [-0.05, 0) is 43.5 Å². The molecule has 0 saturated carbocycles. The van der Waals surface area contributed by atoms with E-state index in [0.29, 0.717) is 11.7 Å². The van der Waals surface area contributed by atoms with Gasteiger partial charge in [-0.2, -0.15) is 4.98 Å². The number of rotatable bonds is 7. The molecular weight excluding hydrogens is 242 g/mol. The van der Waals surface area contributed by atoms with Crippen LogP contribution >= 0.6 is 0 Å². The predicted octanol–water partition coefficient (Wildman–Crippen LogP) is 1.70. The summed E-state index contributed by atoms with van der Waals surface area (Å²) in [7, 11) is 1.65. The minimum atomic E-state index is 0.634. The quantitative estimate of drug-likeness (QED) is 0.770. The van der Waals surface area contributed by atoms with Crippen LogP contribution in [0, 0.1) is 0 Å². The Hall–Kier alpha value is -1.88. The van der Waals surface area contributed by atoms with Crippen LogP contribution in [0.25, 0.3) is 11.4 Å². The molecule has 2 aromatic rings. The molecule has 0 spiro atoms. The molecule has 3 N–H and O–H groups in total. The van der Waals surface area contributed by atoms with Crippen LogP contribution in [-0.4, -0.2) is 23.8 Å². The van der Waals surface area contributed by atoms with Crippen molar-refractivity contribution in [3.8, 4) is 17.1 Å². The number of methoxy groups -OCH3 is 1. The van der Waals surface area contributed by atoms with Gasteiger partial charge in [0.1, 0.15) is 5.75 Å². The van der Waals surface area contributed by atoms with Crippen molar-refractivity contribution in [1.82, 2.24) is 10.1 Å². The monoisotopic (exact) mass is 262 g/mol. The number of quaternary nitrogens is 1. The van der Waals surface area contributed by atoms with Crippen molar-refractivity contribution < 1.29 is 15.0 Å². The van der Waals surface area contributed by atoms with E-state index in [2.05, 4.69) is 15.9 Å². The van der Waals surface area contributed by atoms with E-state index in [1.807, 2.05) is 24.3 Å². The highest BCUT2D eigenvalue weighted by Gasteiger charge is 2.08. The van der Waals surface area contributed by atoms with Crippen LogP contribution in [-0.2, 0) is 6.42 Å². The van der Waals surface area contributed by atoms with Crippen molar-refractivity contribution >= 4 is 0 Å². The summed E-state index contributed by atoms with van der Waals surface area (Å²) in [4.78, 5) is 4.40. The molecular formula is C14H20N3O2+. The van der Waals surface area contributed by atoms with Crippen molar-refractivity contribution in [1.29, 1.82) is 0 Å². The Kier molecular flexibility index (Phi) is 4.92. The van der Waals surface area contributed by atoms with Gasteiger partial charge in [-0.3, -0.25) is 0 Å². The first kappa shape index (κ1) is 13.5. The molecule has 0 amide bonds. The number of unbranched alkanes of at least 4 members (excludes halogenated alkanes) is 2. The molecule has 1 aromatic carbocycles. The summed E-state index contributed by atoms with van der Waals surface area (Å²) < 4.78 is 10.4. The molecule has 19 heavy (non-hydrogen) atoms. The van der Waals surface area contributed by atoms with E-state index in [-0.39, 0.29) is 0 Å². The Morgan fingerprint density at radius 1 is 1.16 bits per heavy atom. The number of benzene rings is 1. The van der Waals surface area contributed by atoms with Crippen LogP contribution in [0.4, 0.5) is 0 Å². The van der Waals surface area contributed by atoms with Crippen LogP contribution < -0.4 is 10.5 Å². The van der Waals surface area contributed by atoms with Gasteiger partial charge in [0.15, 0.2) is 0 Å². The van der Waals surface area contributed by atoms with Gasteiger partial charge in [-0.15, -0.1) is 0 Å². The predicted molar refractivity (Wildman–Crippen MR) is 71.6 cm³/mol. The molecule has 1 heterocycles. The molecule has 2 rings (SSSR count). The third-order valence-electron chi connectivity index (χ3n) is 2.96. The van der Waals surface area contributed by atoms with E-state index in [1.165, 1.54) is 0 Å². The van der Waals surface area contributed by atoms with E-state index in [1.54, 1.807) is 7.11 Å². The van der Waals surface area contributed by atoms with Crippen molar-refractivity contribution in [3.05, 3.63) is 30.2 Å². The summed E-state index contributed by atoms with van der Waals surface area (Å²) in [6.45, 7) is 0.987. The van der Waals surface area contributed by atoms with Gasteiger partial charge in [0.05, 0.1) is 13.7 Å². The number of ether oxygens (including phenoxy) is 1. The Labute approximate surface area is 112 Å². The van der Waals surface area contributed by atoms with Crippen LogP contribution in [0.15, 0.2) is 28.8 Å². The Bertz CT molecular complexity index is 494. The van der Waals surface area contributed by atoms with Crippen LogP contribution in [0.2, 0.25) is 0 Å². The third kappa shape index (κ3) is 3.79. The molecule has 0 radical (unpaired) electrons. The van der Waals surface area contributed by atoms with E-state index >= 15 is 0 Å². The summed E-state index contributed by atoms with van der Waals surface area (Å²) in [5.74, 6) is 2.16. The maximum atomic E-state index is 5.25. The Balaban J connectivity index is 1.95. The lowest BCUT2D eigenvalue weighted by atomic mass is 10.2. The fourth-order valence-electron chi connectivity index (χ4n) is 1.84. The normalized spacial score (nSPS) is 10.6. The zero-order chi connectivity index (χ0) is 13.5. The lowest BCUT2D eigenvalue weighted by Gasteiger charge is -1.98. The number of hydrogen-bond donors (Lipinski definition) is 1. The van der Waals surface area contributed by atoms with Crippen LogP contribution in [0.3, 0.4) is 0 Å². The third-order valence-corrected chi connectivity index (χ3v) is 2.96. The summed E-state index contributed by atoms with van der Waals surface area (Å²) in [5.41, 5.74) is 4.76. The summed E-state index contributed by atoms with van der Waals surface area (Å²) in [6, 6.07) is 7.63. The van der Waals surface area contributed by atoms with Gasteiger partial charge in [-0.1, -0.05) is 5.16 Å². The standard InChI is InChI=1S/C14H19N3O2/c1-18-12-8-6-11(7-9-12)14-16-13(19-17-14)5-3-2-4-10-15/h6-9H,2-5,10,15H2,1H3/p+1. The fourth-order valence-corrected chi connectivity index (χ4v) is 1.84. The van der Waals surface area contributed by atoms with Crippen molar-refractivity contribution in [2.24, 2.45) is 0 Å². The first-order valence-electron chi connectivity index (χ1n) is 6.59.